The van der Waals surface area contributed by atoms with E-state index in [0.717, 1.165) is 0 Å². The molecule has 0 saturated heterocycles. The van der Waals surface area contributed by atoms with E-state index in [0.29, 0.717) is 0 Å². The summed E-state index contributed by atoms with van der Waals surface area (Å²) in [6.07, 6.45) is 0. The lowest BCUT2D eigenvalue weighted by Gasteiger charge is -2.11. The maximum Gasteiger partial charge on any atom is 0.296 e. The SMILES string of the molecule is CC#CC(=O)N[C@@H](C#N)C(C)C. The fraction of sp³-hybridized carbons (Fsp3) is 0.556. The second-order valence-electron chi connectivity index (χ2n) is 2.70. The Morgan fingerprint density at radius 2 is 2.08 bits per heavy atom. The van der Waals surface area contributed by atoms with E-state index in [1.165, 1.54) is 0 Å². The Bertz CT molecular complexity index is 252. The van der Waals surface area contributed by atoms with E-state index in [-0.39, 0.29) is 5.92 Å². The van der Waals surface area contributed by atoms with Crippen LogP contribution in [0, 0.1) is 29.1 Å². The molecular weight excluding hydrogens is 152 g/mol. The Labute approximate surface area is 72.8 Å². The molecule has 0 radical (unpaired) electrons. The Kier molecular flexibility index (Phi) is 4.57. The third kappa shape index (κ3) is 3.63. The number of carbonyl (C=O) groups is 1. The molecule has 0 rings (SSSR count). The number of hydrogen-bond donors (Lipinski definition) is 1. The molecule has 0 fully saturated rings. The summed E-state index contributed by atoms with van der Waals surface area (Å²) in [6.45, 7) is 5.32. The van der Waals surface area contributed by atoms with Gasteiger partial charge < -0.3 is 5.32 Å². The van der Waals surface area contributed by atoms with Crippen molar-refractivity contribution >= 4 is 5.91 Å². The van der Waals surface area contributed by atoms with Crippen molar-refractivity contribution in [1.29, 1.82) is 5.26 Å². The Balaban J connectivity index is 4.12. The number of nitrogens with one attached hydrogen (secondary N) is 1. The van der Waals surface area contributed by atoms with Crippen LogP contribution in [0.5, 0.6) is 0 Å². The molecule has 64 valence electrons. The van der Waals surface area contributed by atoms with E-state index in [2.05, 4.69) is 17.2 Å². The van der Waals surface area contributed by atoms with E-state index in [4.69, 9.17) is 5.26 Å². The molecule has 1 atom stereocenters. The van der Waals surface area contributed by atoms with Crippen LogP contribution in [-0.2, 0) is 4.79 Å². The zero-order valence-corrected chi connectivity index (χ0v) is 7.51. The summed E-state index contributed by atoms with van der Waals surface area (Å²) < 4.78 is 0. The molecule has 0 saturated carbocycles. The van der Waals surface area contributed by atoms with Crippen LogP contribution < -0.4 is 5.32 Å². The molecule has 0 aliphatic rings. The molecule has 3 heteroatoms. The van der Waals surface area contributed by atoms with Crippen LogP contribution in [0.2, 0.25) is 0 Å². The summed E-state index contributed by atoms with van der Waals surface area (Å²) in [6, 6.07) is 1.55. The van der Waals surface area contributed by atoms with Gasteiger partial charge >= 0.3 is 0 Å². The number of carbonyl (C=O) groups excluding carboxylic acids is 1. The summed E-state index contributed by atoms with van der Waals surface area (Å²) in [4.78, 5) is 10.9. The third-order valence-corrected chi connectivity index (χ3v) is 1.33. The monoisotopic (exact) mass is 164 g/mol. The van der Waals surface area contributed by atoms with Crippen LogP contribution in [0.1, 0.15) is 20.8 Å². The minimum atomic E-state index is -0.446. The maximum atomic E-state index is 10.9. The first-order valence-corrected chi connectivity index (χ1v) is 3.74. The fourth-order valence-corrected chi connectivity index (χ4v) is 0.639. The lowest BCUT2D eigenvalue weighted by Crippen LogP contribution is -2.36. The summed E-state index contributed by atoms with van der Waals surface area (Å²) >= 11 is 0. The first-order valence-electron chi connectivity index (χ1n) is 3.74. The number of hydrogen-bond acceptors (Lipinski definition) is 2. The molecule has 0 bridgehead atoms. The highest BCUT2D eigenvalue weighted by atomic mass is 16.1. The van der Waals surface area contributed by atoms with Gasteiger partial charge in [-0.05, 0) is 18.8 Å². The van der Waals surface area contributed by atoms with Crippen molar-refractivity contribution in [2.45, 2.75) is 26.8 Å². The second kappa shape index (κ2) is 5.21. The molecule has 0 aromatic heterocycles. The van der Waals surface area contributed by atoms with E-state index >= 15 is 0 Å². The van der Waals surface area contributed by atoms with Crippen LogP contribution in [0.3, 0.4) is 0 Å². The second-order valence-corrected chi connectivity index (χ2v) is 2.70. The van der Waals surface area contributed by atoms with Crippen molar-refractivity contribution in [3.05, 3.63) is 0 Å². The molecule has 3 nitrogen and oxygen atoms in total. The first-order chi connectivity index (χ1) is 5.61. The van der Waals surface area contributed by atoms with E-state index < -0.39 is 11.9 Å². The van der Waals surface area contributed by atoms with Crippen molar-refractivity contribution in [1.82, 2.24) is 5.32 Å². The predicted molar refractivity (Wildman–Crippen MR) is 45.8 cm³/mol. The zero-order chi connectivity index (χ0) is 9.56. The van der Waals surface area contributed by atoms with Gasteiger partial charge in [0.05, 0.1) is 6.07 Å². The molecule has 12 heavy (non-hydrogen) atoms. The van der Waals surface area contributed by atoms with Crippen LogP contribution in [0.4, 0.5) is 0 Å². The molecule has 0 unspecified atom stereocenters. The van der Waals surface area contributed by atoms with Gasteiger partial charge in [0.2, 0.25) is 0 Å². The minimum absolute atomic E-state index is 0.109. The van der Waals surface area contributed by atoms with Crippen molar-refractivity contribution in [3.8, 4) is 17.9 Å². The van der Waals surface area contributed by atoms with Gasteiger partial charge in [-0.15, -0.1) is 0 Å². The zero-order valence-electron chi connectivity index (χ0n) is 7.51. The van der Waals surface area contributed by atoms with Gasteiger partial charge in [-0.1, -0.05) is 19.8 Å². The van der Waals surface area contributed by atoms with Gasteiger partial charge in [-0.2, -0.15) is 5.26 Å². The standard InChI is InChI=1S/C9H12N2O/c1-4-5-9(12)11-8(6-10)7(2)3/h7-8H,1-3H3,(H,11,12)/t8-/m0/s1. The fourth-order valence-electron chi connectivity index (χ4n) is 0.639. The lowest BCUT2D eigenvalue weighted by atomic mass is 10.1. The van der Waals surface area contributed by atoms with Crippen LogP contribution in [0.25, 0.3) is 0 Å². The van der Waals surface area contributed by atoms with Crippen LogP contribution in [0.15, 0.2) is 0 Å². The summed E-state index contributed by atoms with van der Waals surface area (Å²) in [5.74, 6) is 4.50. The van der Waals surface area contributed by atoms with Gasteiger partial charge in [0.1, 0.15) is 6.04 Å². The topological polar surface area (TPSA) is 52.9 Å². The lowest BCUT2D eigenvalue weighted by molar-refractivity contribution is -0.116. The number of amides is 1. The van der Waals surface area contributed by atoms with Crippen molar-refractivity contribution in [3.63, 3.8) is 0 Å². The quantitative estimate of drug-likeness (QED) is 0.610. The molecule has 1 amide bonds. The highest BCUT2D eigenvalue weighted by molar-refractivity contribution is 5.93. The Morgan fingerprint density at radius 3 is 2.42 bits per heavy atom. The largest absolute Gasteiger partial charge is 0.329 e. The van der Waals surface area contributed by atoms with E-state index in [9.17, 15) is 4.79 Å². The van der Waals surface area contributed by atoms with Crippen molar-refractivity contribution < 1.29 is 4.79 Å². The van der Waals surface area contributed by atoms with Gasteiger partial charge in [-0.25, -0.2) is 0 Å². The molecule has 0 aromatic rings. The number of nitriles is 1. The highest BCUT2D eigenvalue weighted by Gasteiger charge is 2.13. The number of nitrogens with zero attached hydrogens (tertiary/aromatic N) is 1. The number of rotatable bonds is 2. The van der Waals surface area contributed by atoms with Crippen molar-refractivity contribution in [2.24, 2.45) is 5.92 Å². The molecule has 0 aliphatic carbocycles. The normalized spacial score (nSPS) is 10.9. The van der Waals surface area contributed by atoms with E-state index in [1.807, 2.05) is 19.9 Å². The Morgan fingerprint density at radius 1 is 1.50 bits per heavy atom. The smallest absolute Gasteiger partial charge is 0.296 e. The van der Waals surface area contributed by atoms with Gasteiger partial charge in [-0.3, -0.25) is 4.79 Å². The van der Waals surface area contributed by atoms with Crippen LogP contribution >= 0.6 is 0 Å². The average Bonchev–Trinajstić information content (AvgIpc) is 2.00. The average molecular weight is 164 g/mol. The maximum absolute atomic E-state index is 10.9. The predicted octanol–water partition coefficient (Wildman–Crippen LogP) is 0.674. The molecule has 0 spiro atoms. The van der Waals surface area contributed by atoms with Gasteiger partial charge in [0.25, 0.3) is 5.91 Å². The molecular formula is C9H12N2O. The van der Waals surface area contributed by atoms with Crippen LogP contribution in [-0.4, -0.2) is 11.9 Å². The van der Waals surface area contributed by atoms with Gasteiger partial charge in [0, 0.05) is 0 Å². The molecule has 0 aromatic carbocycles. The minimum Gasteiger partial charge on any atom is -0.329 e. The summed E-state index contributed by atoms with van der Waals surface area (Å²) in [5, 5.41) is 11.1. The highest BCUT2D eigenvalue weighted by Crippen LogP contribution is 1.98. The van der Waals surface area contributed by atoms with E-state index in [1.54, 1.807) is 6.92 Å². The third-order valence-electron chi connectivity index (χ3n) is 1.33. The summed E-state index contributed by atoms with van der Waals surface area (Å²) in [5.41, 5.74) is 0. The molecule has 1 N–H and O–H groups in total. The Hall–Kier alpha value is -1.48. The first kappa shape index (κ1) is 10.5. The summed E-state index contributed by atoms with van der Waals surface area (Å²) in [7, 11) is 0. The molecule has 0 heterocycles. The molecule has 0 aliphatic heterocycles. The van der Waals surface area contributed by atoms with Crippen molar-refractivity contribution in [2.75, 3.05) is 0 Å². The van der Waals surface area contributed by atoms with Gasteiger partial charge in [0.15, 0.2) is 0 Å².